The SMILES string of the molecule is C=CCC(c1ccc(OC(=O)c2ccc(OCCCCCCCC)c(F)c2F)cc1)[C@H]1CC[C@H](CCCCC)CC1. The highest BCUT2D eigenvalue weighted by Crippen LogP contribution is 2.42. The average Bonchev–Trinajstić information content (AvgIpc) is 2.98. The van der Waals surface area contributed by atoms with Gasteiger partial charge in [0, 0.05) is 0 Å². The number of hydrogen-bond donors (Lipinski definition) is 0. The summed E-state index contributed by atoms with van der Waals surface area (Å²) in [6.07, 6.45) is 19.7. The summed E-state index contributed by atoms with van der Waals surface area (Å²) in [7, 11) is 0. The molecule has 0 spiro atoms. The zero-order valence-electron chi connectivity index (χ0n) is 25.3. The highest BCUT2D eigenvalue weighted by molar-refractivity contribution is 5.91. The third-order valence-corrected chi connectivity index (χ3v) is 8.64. The van der Waals surface area contributed by atoms with Gasteiger partial charge < -0.3 is 9.47 Å². The van der Waals surface area contributed by atoms with Crippen LogP contribution in [0.25, 0.3) is 0 Å². The van der Waals surface area contributed by atoms with Crippen molar-refractivity contribution in [3.63, 3.8) is 0 Å². The molecule has 3 rings (SSSR count). The molecular weight excluding hydrogens is 518 g/mol. The van der Waals surface area contributed by atoms with E-state index < -0.39 is 23.2 Å². The van der Waals surface area contributed by atoms with E-state index in [0.717, 1.165) is 31.6 Å². The Hall–Kier alpha value is -2.69. The van der Waals surface area contributed by atoms with Crippen molar-refractivity contribution in [2.45, 2.75) is 116 Å². The summed E-state index contributed by atoms with van der Waals surface area (Å²) in [5, 5.41) is 0. The number of esters is 1. The molecule has 1 aliphatic rings. The lowest BCUT2D eigenvalue weighted by Gasteiger charge is -2.34. The van der Waals surface area contributed by atoms with Gasteiger partial charge in [0.05, 0.1) is 12.2 Å². The summed E-state index contributed by atoms with van der Waals surface area (Å²) in [6, 6.07) is 9.98. The third kappa shape index (κ3) is 10.3. The van der Waals surface area contributed by atoms with E-state index in [2.05, 4.69) is 20.4 Å². The summed E-state index contributed by atoms with van der Waals surface area (Å²) in [4.78, 5) is 12.7. The van der Waals surface area contributed by atoms with Crippen molar-refractivity contribution in [3.8, 4) is 11.5 Å². The minimum absolute atomic E-state index is 0.180. The number of carbonyl (C=O) groups is 1. The van der Waals surface area contributed by atoms with Gasteiger partial charge >= 0.3 is 5.97 Å². The second-order valence-electron chi connectivity index (χ2n) is 11.7. The fourth-order valence-corrected chi connectivity index (χ4v) is 6.15. The van der Waals surface area contributed by atoms with Crippen molar-refractivity contribution < 1.29 is 23.0 Å². The van der Waals surface area contributed by atoms with Crippen LogP contribution < -0.4 is 9.47 Å². The Morgan fingerprint density at radius 3 is 2.22 bits per heavy atom. The number of allylic oxidation sites excluding steroid dienone is 1. The molecule has 1 saturated carbocycles. The zero-order chi connectivity index (χ0) is 29.5. The van der Waals surface area contributed by atoms with E-state index in [-0.39, 0.29) is 5.75 Å². The number of hydrogen-bond acceptors (Lipinski definition) is 3. The Balaban J connectivity index is 1.54. The molecule has 0 aliphatic heterocycles. The van der Waals surface area contributed by atoms with Gasteiger partial charge in [0.15, 0.2) is 11.6 Å². The van der Waals surface area contributed by atoms with Gasteiger partial charge in [-0.05, 0) is 73.3 Å². The van der Waals surface area contributed by atoms with E-state index in [0.29, 0.717) is 24.2 Å². The smallest absolute Gasteiger partial charge is 0.346 e. The lowest BCUT2D eigenvalue weighted by molar-refractivity contribution is 0.0728. The second kappa shape index (κ2) is 18.0. The standard InChI is InChI=1S/C36H50F2O3/c1-4-7-9-10-11-13-26-40-33-25-24-32(34(37)35(33)38)36(39)41-30-22-20-29(21-23-30)31(14-6-3)28-18-16-27(17-19-28)15-12-8-5-2/h6,20-25,27-28,31H,3-5,7-19,26H2,1-2H3/t27-,28-,31?. The maximum Gasteiger partial charge on any atom is 0.346 e. The molecule has 41 heavy (non-hydrogen) atoms. The van der Waals surface area contributed by atoms with Crippen molar-refractivity contribution in [3.05, 3.63) is 71.8 Å². The molecule has 0 amide bonds. The van der Waals surface area contributed by atoms with Crippen LogP contribution in [0.15, 0.2) is 49.1 Å². The molecule has 0 aromatic heterocycles. The molecule has 2 aromatic rings. The van der Waals surface area contributed by atoms with Crippen molar-refractivity contribution in [1.82, 2.24) is 0 Å². The second-order valence-corrected chi connectivity index (χ2v) is 11.7. The molecule has 0 heterocycles. The molecule has 0 N–H and O–H groups in total. The fourth-order valence-electron chi connectivity index (χ4n) is 6.15. The average molecular weight is 569 g/mol. The van der Waals surface area contributed by atoms with Crippen LogP contribution in [-0.4, -0.2) is 12.6 Å². The van der Waals surface area contributed by atoms with Gasteiger partial charge in [-0.1, -0.05) is 103 Å². The minimum atomic E-state index is -1.25. The van der Waals surface area contributed by atoms with Gasteiger partial charge in [0.1, 0.15) is 5.75 Å². The number of ether oxygens (including phenoxy) is 2. The van der Waals surface area contributed by atoms with Crippen LogP contribution in [0.1, 0.15) is 132 Å². The maximum absolute atomic E-state index is 14.7. The van der Waals surface area contributed by atoms with Crippen LogP contribution in [0.2, 0.25) is 0 Å². The topological polar surface area (TPSA) is 35.5 Å². The number of unbranched alkanes of at least 4 members (excludes halogenated alkanes) is 7. The van der Waals surface area contributed by atoms with E-state index in [4.69, 9.17) is 9.47 Å². The van der Waals surface area contributed by atoms with Crippen molar-refractivity contribution in [1.29, 1.82) is 0 Å². The normalized spacial score (nSPS) is 17.7. The molecule has 5 heteroatoms. The van der Waals surface area contributed by atoms with E-state index >= 15 is 0 Å². The predicted octanol–water partition coefficient (Wildman–Crippen LogP) is 11.0. The van der Waals surface area contributed by atoms with Gasteiger partial charge in [-0.3, -0.25) is 0 Å². The lowest BCUT2D eigenvalue weighted by atomic mass is 9.71. The summed E-state index contributed by atoms with van der Waals surface area (Å²) in [5.41, 5.74) is 0.752. The molecule has 1 unspecified atom stereocenters. The van der Waals surface area contributed by atoms with Gasteiger partial charge in [-0.25, -0.2) is 9.18 Å². The Bertz CT molecular complexity index is 1060. The summed E-state index contributed by atoms with van der Waals surface area (Å²) in [5.74, 6) is -1.36. The van der Waals surface area contributed by atoms with Crippen LogP contribution in [0.4, 0.5) is 8.78 Å². The maximum atomic E-state index is 14.7. The van der Waals surface area contributed by atoms with E-state index in [1.807, 2.05) is 18.2 Å². The summed E-state index contributed by atoms with van der Waals surface area (Å²) >= 11 is 0. The number of carbonyl (C=O) groups excluding carboxylic acids is 1. The van der Waals surface area contributed by atoms with Crippen molar-refractivity contribution in [2.75, 3.05) is 6.61 Å². The van der Waals surface area contributed by atoms with Gasteiger partial charge in [-0.2, -0.15) is 4.39 Å². The molecule has 0 saturated heterocycles. The monoisotopic (exact) mass is 568 g/mol. The molecule has 226 valence electrons. The molecule has 3 nitrogen and oxygen atoms in total. The lowest BCUT2D eigenvalue weighted by Crippen LogP contribution is -2.20. The quantitative estimate of drug-likeness (QED) is 0.0776. The van der Waals surface area contributed by atoms with Crippen molar-refractivity contribution in [2.24, 2.45) is 11.8 Å². The first-order valence-corrected chi connectivity index (χ1v) is 16.0. The van der Waals surface area contributed by atoms with Crippen molar-refractivity contribution >= 4 is 5.97 Å². The van der Waals surface area contributed by atoms with Crippen LogP contribution in [0.3, 0.4) is 0 Å². The van der Waals surface area contributed by atoms with Crippen LogP contribution in [0, 0.1) is 23.5 Å². The zero-order valence-corrected chi connectivity index (χ0v) is 25.3. The van der Waals surface area contributed by atoms with Crippen LogP contribution >= 0.6 is 0 Å². The summed E-state index contributed by atoms with van der Waals surface area (Å²) < 4.78 is 40.2. The predicted molar refractivity (Wildman–Crippen MR) is 164 cm³/mol. The molecular formula is C36H50F2O3. The van der Waals surface area contributed by atoms with Gasteiger partial charge in [0.2, 0.25) is 5.82 Å². The molecule has 1 atom stereocenters. The number of rotatable bonds is 18. The van der Waals surface area contributed by atoms with Gasteiger partial charge in [-0.15, -0.1) is 6.58 Å². The number of benzene rings is 2. The van der Waals surface area contributed by atoms with Crippen LogP contribution in [0.5, 0.6) is 11.5 Å². The number of halogens is 2. The van der Waals surface area contributed by atoms with E-state index in [1.54, 1.807) is 12.1 Å². The third-order valence-electron chi connectivity index (χ3n) is 8.64. The Labute approximate surface area is 246 Å². The van der Waals surface area contributed by atoms with Gasteiger partial charge in [0.25, 0.3) is 0 Å². The summed E-state index contributed by atoms with van der Waals surface area (Å²) in [6.45, 7) is 8.72. The molecule has 0 radical (unpaired) electrons. The molecule has 0 bridgehead atoms. The Kier molecular flexibility index (Phi) is 14.4. The molecule has 1 aliphatic carbocycles. The first kappa shape index (κ1) is 32.8. The first-order valence-electron chi connectivity index (χ1n) is 16.0. The van der Waals surface area contributed by atoms with E-state index in [9.17, 15) is 13.6 Å². The molecule has 2 aromatic carbocycles. The first-order chi connectivity index (χ1) is 20.0. The Morgan fingerprint density at radius 1 is 0.878 bits per heavy atom. The highest BCUT2D eigenvalue weighted by atomic mass is 19.2. The fraction of sp³-hybridized carbons (Fsp3) is 0.583. The molecule has 1 fully saturated rings. The minimum Gasteiger partial charge on any atom is -0.490 e. The largest absolute Gasteiger partial charge is 0.490 e. The van der Waals surface area contributed by atoms with E-state index in [1.165, 1.54) is 88.3 Å². The Morgan fingerprint density at radius 2 is 1.54 bits per heavy atom. The van der Waals surface area contributed by atoms with Crippen LogP contribution in [-0.2, 0) is 0 Å². The highest BCUT2D eigenvalue weighted by Gasteiger charge is 2.28.